The predicted molar refractivity (Wildman–Crippen MR) is 120 cm³/mol. The maximum absolute atomic E-state index is 13.1. The van der Waals surface area contributed by atoms with Crippen LogP contribution >= 0.6 is 0 Å². The minimum absolute atomic E-state index is 0.158. The van der Waals surface area contributed by atoms with Crippen LogP contribution in [0.5, 0.6) is 5.75 Å². The summed E-state index contributed by atoms with van der Waals surface area (Å²) < 4.78 is 31.4. The van der Waals surface area contributed by atoms with Gasteiger partial charge in [0.15, 0.2) is 15.7 Å². The van der Waals surface area contributed by atoms with Gasteiger partial charge in [0.1, 0.15) is 11.5 Å². The molecule has 0 atom stereocenters. The van der Waals surface area contributed by atoms with Crippen molar-refractivity contribution in [3.63, 3.8) is 0 Å². The first-order chi connectivity index (χ1) is 15.4. The number of nitro groups is 1. The molecular formula is C22H18N4O5S. The molecule has 0 amide bonds. The smallest absolute Gasteiger partial charge is 0.270 e. The molecule has 0 radical (unpaired) electrons. The van der Waals surface area contributed by atoms with Gasteiger partial charge in [-0.25, -0.2) is 18.4 Å². The van der Waals surface area contributed by atoms with Crippen molar-refractivity contribution in [1.29, 1.82) is 0 Å². The average molecular weight is 450 g/mol. The van der Waals surface area contributed by atoms with E-state index in [1.807, 2.05) is 6.07 Å². The number of ether oxygens (including phenoxy) is 1. The standard InChI is InChI=1S/C22H18N4O5S/c1-31-17-8-4-6-15(12-17)23-22-21(24-19-10-2-3-11-20(19)25-22)14-32(29,30)18-9-5-7-16(13-18)26(27)28/h2-13H,14H2,1H3,(H,23,25). The fraction of sp³-hybridized carbons (Fsp3) is 0.0909. The summed E-state index contributed by atoms with van der Waals surface area (Å²) in [4.78, 5) is 19.3. The SMILES string of the molecule is COc1cccc(Nc2nc3ccccc3nc2CS(=O)(=O)c2cccc([N+](=O)[O-])c2)c1. The zero-order valence-corrected chi connectivity index (χ0v) is 17.7. The molecule has 0 saturated heterocycles. The molecule has 1 N–H and O–H groups in total. The van der Waals surface area contributed by atoms with Gasteiger partial charge in [-0.05, 0) is 30.3 Å². The lowest BCUT2D eigenvalue weighted by atomic mass is 10.2. The Morgan fingerprint density at radius 1 is 0.969 bits per heavy atom. The molecule has 1 heterocycles. The van der Waals surface area contributed by atoms with Gasteiger partial charge in [0.05, 0.1) is 33.7 Å². The molecule has 0 aliphatic rings. The second-order valence-electron chi connectivity index (χ2n) is 6.88. The Hall–Kier alpha value is -4.05. The van der Waals surface area contributed by atoms with Crippen molar-refractivity contribution in [3.05, 3.63) is 88.6 Å². The first-order valence-electron chi connectivity index (χ1n) is 9.50. The average Bonchev–Trinajstić information content (AvgIpc) is 2.79. The Kier molecular flexibility index (Phi) is 5.69. The molecule has 10 heteroatoms. The van der Waals surface area contributed by atoms with E-state index in [1.165, 1.54) is 18.2 Å². The Morgan fingerprint density at radius 2 is 1.69 bits per heavy atom. The Bertz CT molecular complexity index is 1420. The minimum Gasteiger partial charge on any atom is -0.497 e. The van der Waals surface area contributed by atoms with Gasteiger partial charge < -0.3 is 10.1 Å². The molecule has 0 spiro atoms. The molecule has 3 aromatic carbocycles. The predicted octanol–water partition coefficient (Wildman–Crippen LogP) is 4.26. The van der Waals surface area contributed by atoms with E-state index in [9.17, 15) is 18.5 Å². The lowest BCUT2D eigenvalue weighted by molar-refractivity contribution is -0.385. The zero-order chi connectivity index (χ0) is 22.7. The molecule has 0 aliphatic carbocycles. The van der Waals surface area contributed by atoms with Gasteiger partial charge in [0.25, 0.3) is 5.69 Å². The van der Waals surface area contributed by atoms with Crippen LogP contribution in [0.1, 0.15) is 5.69 Å². The summed E-state index contributed by atoms with van der Waals surface area (Å²) in [6.07, 6.45) is 0. The van der Waals surface area contributed by atoms with E-state index < -0.39 is 20.5 Å². The first kappa shape index (κ1) is 21.2. The number of nitrogens with zero attached hydrogens (tertiary/aromatic N) is 3. The highest BCUT2D eigenvalue weighted by Crippen LogP contribution is 2.27. The van der Waals surface area contributed by atoms with Crippen LogP contribution in [0.4, 0.5) is 17.2 Å². The Labute approximate surface area is 183 Å². The van der Waals surface area contributed by atoms with Crippen molar-refractivity contribution in [2.75, 3.05) is 12.4 Å². The van der Waals surface area contributed by atoms with Crippen LogP contribution in [0, 0.1) is 10.1 Å². The second-order valence-corrected chi connectivity index (χ2v) is 8.87. The third-order valence-electron chi connectivity index (χ3n) is 4.69. The number of nitrogens with one attached hydrogen (secondary N) is 1. The molecule has 0 fully saturated rings. The highest BCUT2D eigenvalue weighted by atomic mass is 32.2. The number of rotatable bonds is 7. The van der Waals surface area contributed by atoms with E-state index in [0.717, 1.165) is 6.07 Å². The molecule has 0 unspecified atom stereocenters. The van der Waals surface area contributed by atoms with Gasteiger partial charge in [-0.1, -0.05) is 24.3 Å². The number of anilines is 2. The number of fused-ring (bicyclic) bond motifs is 1. The Balaban J connectivity index is 1.77. The van der Waals surface area contributed by atoms with E-state index >= 15 is 0 Å². The molecule has 32 heavy (non-hydrogen) atoms. The summed E-state index contributed by atoms with van der Waals surface area (Å²) in [5, 5.41) is 14.2. The zero-order valence-electron chi connectivity index (χ0n) is 16.9. The molecule has 162 valence electrons. The van der Waals surface area contributed by atoms with Crippen LogP contribution in [0.15, 0.2) is 77.7 Å². The summed E-state index contributed by atoms with van der Waals surface area (Å²) in [7, 11) is -2.39. The fourth-order valence-corrected chi connectivity index (χ4v) is 4.44. The highest BCUT2D eigenvalue weighted by molar-refractivity contribution is 7.90. The van der Waals surface area contributed by atoms with Crippen LogP contribution < -0.4 is 10.1 Å². The van der Waals surface area contributed by atoms with E-state index in [2.05, 4.69) is 15.3 Å². The van der Waals surface area contributed by atoms with Crippen molar-refractivity contribution in [2.24, 2.45) is 0 Å². The topological polar surface area (TPSA) is 124 Å². The van der Waals surface area contributed by atoms with Gasteiger partial charge in [0.2, 0.25) is 0 Å². The quantitative estimate of drug-likeness (QED) is 0.327. The van der Waals surface area contributed by atoms with Crippen molar-refractivity contribution < 1.29 is 18.1 Å². The molecular weight excluding hydrogens is 432 g/mol. The van der Waals surface area contributed by atoms with Crippen molar-refractivity contribution >= 4 is 38.1 Å². The van der Waals surface area contributed by atoms with Crippen LogP contribution in [-0.4, -0.2) is 30.4 Å². The number of methoxy groups -OCH3 is 1. The highest BCUT2D eigenvalue weighted by Gasteiger charge is 2.22. The largest absolute Gasteiger partial charge is 0.497 e. The lowest BCUT2D eigenvalue weighted by Crippen LogP contribution is -2.10. The van der Waals surface area contributed by atoms with Crippen LogP contribution in [-0.2, 0) is 15.6 Å². The second kappa shape index (κ2) is 8.60. The van der Waals surface area contributed by atoms with E-state index in [-0.39, 0.29) is 22.1 Å². The summed E-state index contributed by atoms with van der Waals surface area (Å²) in [6.45, 7) is 0. The van der Waals surface area contributed by atoms with E-state index in [4.69, 9.17) is 4.74 Å². The maximum atomic E-state index is 13.1. The Morgan fingerprint density at radius 3 is 2.41 bits per heavy atom. The van der Waals surface area contributed by atoms with Crippen LogP contribution in [0.3, 0.4) is 0 Å². The number of hydrogen-bond acceptors (Lipinski definition) is 8. The molecule has 0 bridgehead atoms. The molecule has 4 rings (SSSR count). The number of para-hydroxylation sites is 2. The number of hydrogen-bond donors (Lipinski definition) is 1. The lowest BCUT2D eigenvalue weighted by Gasteiger charge is -2.13. The van der Waals surface area contributed by atoms with Gasteiger partial charge >= 0.3 is 0 Å². The molecule has 4 aromatic rings. The minimum atomic E-state index is -3.94. The number of benzene rings is 3. The number of aromatic nitrogens is 2. The summed E-state index contributed by atoms with van der Waals surface area (Å²) in [5.41, 5.74) is 1.66. The normalized spacial score (nSPS) is 11.3. The third-order valence-corrected chi connectivity index (χ3v) is 6.32. The maximum Gasteiger partial charge on any atom is 0.270 e. The van der Waals surface area contributed by atoms with Crippen LogP contribution in [0.25, 0.3) is 11.0 Å². The summed E-state index contributed by atoms with van der Waals surface area (Å²) in [5.74, 6) is 0.402. The number of non-ortho nitro benzene ring substituents is 1. The number of sulfone groups is 1. The monoisotopic (exact) mass is 450 g/mol. The first-order valence-corrected chi connectivity index (χ1v) is 11.1. The third kappa shape index (κ3) is 4.49. The van der Waals surface area contributed by atoms with Gasteiger partial charge in [-0.3, -0.25) is 10.1 Å². The molecule has 1 aromatic heterocycles. The van der Waals surface area contributed by atoms with Gasteiger partial charge in [-0.2, -0.15) is 0 Å². The van der Waals surface area contributed by atoms with Crippen molar-refractivity contribution in [1.82, 2.24) is 9.97 Å². The van der Waals surface area contributed by atoms with E-state index in [0.29, 0.717) is 22.5 Å². The van der Waals surface area contributed by atoms with Crippen molar-refractivity contribution in [3.8, 4) is 5.75 Å². The summed E-state index contributed by atoms with van der Waals surface area (Å²) in [6, 6.07) is 19.2. The molecule has 0 saturated carbocycles. The van der Waals surface area contributed by atoms with Crippen LogP contribution in [0.2, 0.25) is 0 Å². The summed E-state index contributed by atoms with van der Waals surface area (Å²) >= 11 is 0. The van der Waals surface area contributed by atoms with Gasteiger partial charge in [0, 0.05) is 23.9 Å². The molecule has 9 nitrogen and oxygen atoms in total. The molecule has 0 aliphatic heterocycles. The van der Waals surface area contributed by atoms with E-state index in [1.54, 1.807) is 49.6 Å². The van der Waals surface area contributed by atoms with Gasteiger partial charge in [-0.15, -0.1) is 0 Å². The van der Waals surface area contributed by atoms with Crippen molar-refractivity contribution in [2.45, 2.75) is 10.6 Å². The fourth-order valence-electron chi connectivity index (χ4n) is 3.13. The number of nitro benzene ring substituents is 1.